The highest BCUT2D eigenvalue weighted by atomic mass is 79.9. The van der Waals surface area contributed by atoms with Gasteiger partial charge in [0.15, 0.2) is 0 Å². The van der Waals surface area contributed by atoms with Crippen molar-refractivity contribution in [2.24, 2.45) is 0 Å². The van der Waals surface area contributed by atoms with Gasteiger partial charge in [0.05, 0.1) is 2.74 Å². The smallest absolute Gasteiger partial charge is 0.227 e. The van der Waals surface area contributed by atoms with Crippen molar-refractivity contribution in [3.8, 4) is 0 Å². The number of hydrogen-bond acceptors (Lipinski definition) is 1. The third-order valence-corrected chi connectivity index (χ3v) is 1.37. The molecule has 1 rings (SSSR count). The molecule has 0 N–H and O–H groups in total. The third kappa shape index (κ3) is 1.24. The molecule has 0 aliphatic carbocycles. The van der Waals surface area contributed by atoms with Gasteiger partial charge in [0.1, 0.15) is 10.3 Å². The minimum Gasteiger partial charge on any atom is -0.227 e. The van der Waals surface area contributed by atoms with Crippen molar-refractivity contribution in [3.63, 3.8) is 0 Å². The van der Waals surface area contributed by atoms with E-state index in [1.165, 1.54) is 0 Å². The molecule has 0 fully saturated rings. The van der Waals surface area contributed by atoms with Crippen LogP contribution in [0.15, 0.2) is 16.7 Å². The fourth-order valence-corrected chi connectivity index (χ4v) is 0.508. The molecule has 0 amide bonds. The first-order valence-electron chi connectivity index (χ1n) is 3.01. The van der Waals surface area contributed by atoms with Crippen molar-refractivity contribution in [1.29, 1.82) is 0 Å². The third-order valence-electron chi connectivity index (χ3n) is 0.694. The lowest BCUT2D eigenvalue weighted by Crippen LogP contribution is -1.85. The Morgan fingerprint density at radius 1 is 1.67 bits per heavy atom. The Labute approximate surface area is 61.7 Å². The first-order chi connectivity index (χ1) is 5.04. The van der Waals surface area contributed by atoms with E-state index in [4.69, 9.17) is 2.74 Å². The van der Waals surface area contributed by atoms with Gasteiger partial charge in [-0.1, -0.05) is 0 Å². The Bertz CT molecular complexity index is 279. The lowest BCUT2D eigenvalue weighted by Gasteiger charge is -1.91. The Kier molecular flexibility index (Phi) is 1.15. The van der Waals surface area contributed by atoms with E-state index < -0.39 is 28.5 Å². The van der Waals surface area contributed by atoms with Gasteiger partial charge in [-0.3, -0.25) is 0 Å². The molecule has 0 radical (unpaired) electrons. The standard InChI is InChI=1S/C5H2BrF2N/c6-4-3(7)1-2-9-5(4)8/h1-2H/i1D,2D. The van der Waals surface area contributed by atoms with Crippen molar-refractivity contribution in [2.45, 2.75) is 0 Å². The van der Waals surface area contributed by atoms with Gasteiger partial charge in [-0.25, -0.2) is 9.37 Å². The topological polar surface area (TPSA) is 12.9 Å². The maximum Gasteiger partial charge on any atom is 0.230 e. The summed E-state index contributed by atoms with van der Waals surface area (Å²) in [5.74, 6) is -2.20. The molecule has 1 aromatic rings. The van der Waals surface area contributed by atoms with Crippen LogP contribution >= 0.6 is 15.9 Å². The number of hydrogen-bond donors (Lipinski definition) is 0. The lowest BCUT2D eigenvalue weighted by molar-refractivity contribution is 0.540. The lowest BCUT2D eigenvalue weighted by atomic mass is 10.5. The molecule has 0 unspecified atom stereocenters. The predicted molar refractivity (Wildman–Crippen MR) is 31.9 cm³/mol. The Balaban J connectivity index is 3.46. The van der Waals surface area contributed by atoms with Gasteiger partial charge in [-0.15, -0.1) is 0 Å². The zero-order valence-corrected chi connectivity index (χ0v) is 5.67. The molecule has 1 heterocycles. The first kappa shape index (κ1) is 4.33. The molecule has 1 aromatic heterocycles. The summed E-state index contributed by atoms with van der Waals surface area (Å²) in [4.78, 5) is 2.96. The van der Waals surface area contributed by atoms with E-state index in [0.717, 1.165) is 0 Å². The maximum atomic E-state index is 12.6. The van der Waals surface area contributed by atoms with Crippen LogP contribution in [0.4, 0.5) is 8.78 Å². The maximum absolute atomic E-state index is 12.6. The van der Waals surface area contributed by atoms with Crippen molar-refractivity contribution < 1.29 is 11.5 Å². The van der Waals surface area contributed by atoms with Gasteiger partial charge in [-0.05, 0) is 22.0 Å². The SMILES string of the molecule is [2H]c1nc(F)c(Br)c(F)c1[2H]. The van der Waals surface area contributed by atoms with E-state index in [2.05, 4.69) is 20.9 Å². The largest absolute Gasteiger partial charge is 0.230 e. The molecule has 0 aromatic carbocycles. The van der Waals surface area contributed by atoms with Crippen LogP contribution in [0, 0.1) is 11.8 Å². The fraction of sp³-hybridized carbons (Fsp3) is 0. The molecule has 0 aliphatic heterocycles. The summed E-state index contributed by atoms with van der Waals surface area (Å²) in [6, 6.07) is -0.710. The summed E-state index contributed by atoms with van der Waals surface area (Å²) in [5, 5.41) is 0. The summed E-state index contributed by atoms with van der Waals surface area (Å²) < 4.78 is 38.2. The molecular weight excluding hydrogens is 192 g/mol. The van der Waals surface area contributed by atoms with Crippen LogP contribution in [0.3, 0.4) is 0 Å². The van der Waals surface area contributed by atoms with E-state index in [9.17, 15) is 8.78 Å². The molecule has 48 valence electrons. The highest BCUT2D eigenvalue weighted by Gasteiger charge is 2.03. The Hall–Kier alpha value is -0.510. The van der Waals surface area contributed by atoms with Crippen molar-refractivity contribution >= 4 is 15.9 Å². The number of halogens is 3. The van der Waals surface area contributed by atoms with Gasteiger partial charge >= 0.3 is 0 Å². The number of aromatic nitrogens is 1. The normalized spacial score (nSPS) is 12.8. The quantitative estimate of drug-likeness (QED) is 0.579. The summed E-state index contributed by atoms with van der Waals surface area (Å²) in [7, 11) is 0. The van der Waals surface area contributed by atoms with Crippen LogP contribution in [-0.4, -0.2) is 4.98 Å². The van der Waals surface area contributed by atoms with E-state index in [0.29, 0.717) is 0 Å². The van der Waals surface area contributed by atoms with Gasteiger partial charge < -0.3 is 0 Å². The summed E-state index contributed by atoms with van der Waals surface area (Å²) >= 11 is 2.55. The molecule has 0 aliphatic rings. The Morgan fingerprint density at radius 2 is 2.33 bits per heavy atom. The van der Waals surface area contributed by atoms with Crippen LogP contribution in [-0.2, 0) is 0 Å². The van der Waals surface area contributed by atoms with Gasteiger partial charge in [0.2, 0.25) is 5.95 Å². The average Bonchev–Trinajstić information content (AvgIpc) is 1.97. The Morgan fingerprint density at radius 3 is 3.00 bits per heavy atom. The second-order valence-corrected chi connectivity index (χ2v) is 2.06. The minimum absolute atomic E-state index is 0.501. The summed E-state index contributed by atoms with van der Waals surface area (Å²) in [6.07, 6.45) is -0.705. The highest BCUT2D eigenvalue weighted by molar-refractivity contribution is 9.10. The summed E-state index contributed by atoms with van der Waals surface area (Å²) in [6.45, 7) is 0. The molecule has 0 bridgehead atoms. The zero-order valence-electron chi connectivity index (χ0n) is 6.08. The van der Waals surface area contributed by atoms with Crippen LogP contribution in [0.1, 0.15) is 2.74 Å². The van der Waals surface area contributed by atoms with Crippen LogP contribution in [0.2, 0.25) is 0 Å². The molecular formula is C5H2BrF2N. The molecule has 9 heavy (non-hydrogen) atoms. The van der Waals surface area contributed by atoms with Gasteiger partial charge in [0, 0.05) is 6.17 Å². The molecule has 0 saturated heterocycles. The molecule has 0 atom stereocenters. The van der Waals surface area contributed by atoms with Crippen LogP contribution in [0.25, 0.3) is 0 Å². The monoisotopic (exact) mass is 195 g/mol. The van der Waals surface area contributed by atoms with Crippen LogP contribution < -0.4 is 0 Å². The second kappa shape index (κ2) is 2.39. The van der Waals surface area contributed by atoms with E-state index >= 15 is 0 Å². The highest BCUT2D eigenvalue weighted by Crippen LogP contribution is 2.15. The molecule has 4 heteroatoms. The molecule has 0 spiro atoms. The zero-order chi connectivity index (χ0) is 8.59. The van der Waals surface area contributed by atoms with E-state index in [1.54, 1.807) is 0 Å². The molecule has 0 saturated carbocycles. The minimum atomic E-state index is -1.11. The average molecular weight is 196 g/mol. The molecule has 1 nitrogen and oxygen atoms in total. The van der Waals surface area contributed by atoms with E-state index in [-0.39, 0.29) is 0 Å². The van der Waals surface area contributed by atoms with Crippen LogP contribution in [0.5, 0.6) is 0 Å². The number of pyridine rings is 1. The van der Waals surface area contributed by atoms with Crippen molar-refractivity contribution in [1.82, 2.24) is 4.98 Å². The van der Waals surface area contributed by atoms with Crippen molar-refractivity contribution in [2.75, 3.05) is 0 Å². The number of rotatable bonds is 0. The second-order valence-electron chi connectivity index (χ2n) is 1.27. The fourth-order valence-electron chi connectivity index (χ4n) is 0.321. The van der Waals surface area contributed by atoms with Gasteiger partial charge in [0.25, 0.3) is 0 Å². The first-order valence-corrected chi connectivity index (χ1v) is 2.81. The summed E-state index contributed by atoms with van der Waals surface area (Å²) in [5.41, 5.74) is 0. The number of nitrogens with zero attached hydrogens (tertiary/aromatic N) is 1. The van der Waals surface area contributed by atoms with Crippen molar-refractivity contribution in [3.05, 3.63) is 28.5 Å². The van der Waals surface area contributed by atoms with E-state index in [1.807, 2.05) is 0 Å². The predicted octanol–water partition coefficient (Wildman–Crippen LogP) is 2.12. The van der Waals surface area contributed by atoms with Gasteiger partial charge in [-0.2, -0.15) is 4.39 Å².